The van der Waals surface area contributed by atoms with Gasteiger partial charge in [-0.05, 0) is 12.8 Å². The van der Waals surface area contributed by atoms with Gasteiger partial charge in [-0.15, -0.1) is 0 Å². The van der Waals surface area contributed by atoms with Crippen LogP contribution in [-0.2, 0) is 11.3 Å². The maximum absolute atomic E-state index is 10.7. The summed E-state index contributed by atoms with van der Waals surface area (Å²) in [6.45, 7) is 0.301. The standard InChI is InChI=1S/C8H13N5O/c9-6(7(10)14)3-13-4-11-8(12-13)5-1-2-5/h4-6H,1-3,9H2,(H2,10,14). The zero-order valence-electron chi connectivity index (χ0n) is 7.76. The predicted molar refractivity (Wildman–Crippen MR) is 49.2 cm³/mol. The van der Waals surface area contributed by atoms with E-state index in [9.17, 15) is 4.79 Å². The molecule has 1 fully saturated rings. The molecule has 14 heavy (non-hydrogen) atoms. The molecule has 6 nitrogen and oxygen atoms in total. The molecule has 0 spiro atoms. The van der Waals surface area contributed by atoms with Crippen molar-refractivity contribution in [3.05, 3.63) is 12.2 Å². The quantitative estimate of drug-likeness (QED) is 0.641. The van der Waals surface area contributed by atoms with Gasteiger partial charge in [0, 0.05) is 5.92 Å². The highest BCUT2D eigenvalue weighted by Crippen LogP contribution is 2.37. The fourth-order valence-electron chi connectivity index (χ4n) is 1.22. The summed E-state index contributed by atoms with van der Waals surface area (Å²) in [6, 6.07) is -0.691. The minimum Gasteiger partial charge on any atom is -0.368 e. The normalized spacial score (nSPS) is 18.1. The second-order valence-corrected chi connectivity index (χ2v) is 3.61. The lowest BCUT2D eigenvalue weighted by molar-refractivity contribution is -0.119. The van der Waals surface area contributed by atoms with Crippen molar-refractivity contribution in [3.63, 3.8) is 0 Å². The number of amides is 1. The third kappa shape index (κ3) is 1.90. The van der Waals surface area contributed by atoms with E-state index in [0.29, 0.717) is 12.5 Å². The van der Waals surface area contributed by atoms with Gasteiger partial charge < -0.3 is 11.5 Å². The van der Waals surface area contributed by atoms with Gasteiger partial charge in [0.05, 0.1) is 6.54 Å². The first-order valence-electron chi connectivity index (χ1n) is 4.61. The van der Waals surface area contributed by atoms with Crippen LogP contribution in [0.25, 0.3) is 0 Å². The smallest absolute Gasteiger partial charge is 0.236 e. The summed E-state index contributed by atoms with van der Waals surface area (Å²) in [5.41, 5.74) is 10.5. The summed E-state index contributed by atoms with van der Waals surface area (Å²) in [7, 11) is 0. The second-order valence-electron chi connectivity index (χ2n) is 3.61. The van der Waals surface area contributed by atoms with Crippen LogP contribution < -0.4 is 11.5 Å². The molecule has 76 valence electrons. The van der Waals surface area contributed by atoms with Crippen molar-refractivity contribution < 1.29 is 4.79 Å². The molecule has 1 aromatic heterocycles. The number of hydrogen-bond acceptors (Lipinski definition) is 4. The van der Waals surface area contributed by atoms with Gasteiger partial charge >= 0.3 is 0 Å². The highest BCUT2D eigenvalue weighted by atomic mass is 16.1. The van der Waals surface area contributed by atoms with Crippen LogP contribution in [0.1, 0.15) is 24.6 Å². The highest BCUT2D eigenvalue weighted by Gasteiger charge is 2.27. The van der Waals surface area contributed by atoms with Gasteiger partial charge in [-0.25, -0.2) is 4.98 Å². The van der Waals surface area contributed by atoms with Crippen LogP contribution in [0.15, 0.2) is 6.33 Å². The molecule has 0 radical (unpaired) electrons. The van der Waals surface area contributed by atoms with Gasteiger partial charge in [0.1, 0.15) is 12.4 Å². The summed E-state index contributed by atoms with van der Waals surface area (Å²) < 4.78 is 1.57. The summed E-state index contributed by atoms with van der Waals surface area (Å²) in [5.74, 6) is 0.844. The molecule has 0 bridgehead atoms. The number of nitrogens with zero attached hydrogens (tertiary/aromatic N) is 3. The van der Waals surface area contributed by atoms with Crippen molar-refractivity contribution in [1.82, 2.24) is 14.8 Å². The Hall–Kier alpha value is -1.43. The summed E-state index contributed by atoms with van der Waals surface area (Å²) in [6.07, 6.45) is 3.91. The van der Waals surface area contributed by atoms with Crippen molar-refractivity contribution in [2.45, 2.75) is 31.3 Å². The van der Waals surface area contributed by atoms with E-state index in [4.69, 9.17) is 11.5 Å². The number of primary amides is 1. The molecule has 1 unspecified atom stereocenters. The van der Waals surface area contributed by atoms with Gasteiger partial charge in [0.25, 0.3) is 0 Å². The highest BCUT2D eigenvalue weighted by molar-refractivity contribution is 5.79. The molecule has 1 aliphatic rings. The van der Waals surface area contributed by atoms with Gasteiger partial charge in [-0.2, -0.15) is 5.10 Å². The minimum absolute atomic E-state index is 0.301. The summed E-state index contributed by atoms with van der Waals surface area (Å²) in [5, 5.41) is 4.21. The Bertz CT molecular complexity index is 343. The van der Waals surface area contributed by atoms with Crippen molar-refractivity contribution in [2.75, 3.05) is 0 Å². The van der Waals surface area contributed by atoms with Gasteiger partial charge in [-0.3, -0.25) is 9.48 Å². The van der Waals surface area contributed by atoms with Gasteiger partial charge in [0.15, 0.2) is 5.82 Å². The Morgan fingerprint density at radius 2 is 2.43 bits per heavy atom. The average Bonchev–Trinajstić information content (AvgIpc) is 2.88. The Balaban J connectivity index is 1.98. The molecule has 1 saturated carbocycles. The Labute approximate surface area is 81.3 Å². The van der Waals surface area contributed by atoms with Crippen molar-refractivity contribution in [1.29, 1.82) is 0 Å². The fraction of sp³-hybridized carbons (Fsp3) is 0.625. The summed E-state index contributed by atoms with van der Waals surface area (Å²) >= 11 is 0. The van der Waals surface area contributed by atoms with E-state index < -0.39 is 11.9 Å². The van der Waals surface area contributed by atoms with Crippen molar-refractivity contribution in [2.24, 2.45) is 11.5 Å². The van der Waals surface area contributed by atoms with E-state index in [0.717, 1.165) is 18.7 Å². The molecule has 1 amide bonds. The second kappa shape index (κ2) is 3.38. The van der Waals surface area contributed by atoms with Crippen molar-refractivity contribution in [3.8, 4) is 0 Å². The van der Waals surface area contributed by atoms with E-state index in [1.807, 2.05) is 0 Å². The third-order valence-electron chi connectivity index (χ3n) is 2.25. The average molecular weight is 195 g/mol. The maximum atomic E-state index is 10.7. The van der Waals surface area contributed by atoms with Crippen LogP contribution in [-0.4, -0.2) is 26.7 Å². The minimum atomic E-state index is -0.691. The zero-order chi connectivity index (χ0) is 10.1. The molecule has 0 saturated heterocycles. The summed E-state index contributed by atoms with van der Waals surface area (Å²) in [4.78, 5) is 14.8. The van der Waals surface area contributed by atoms with E-state index >= 15 is 0 Å². The van der Waals surface area contributed by atoms with Crippen LogP contribution in [0.3, 0.4) is 0 Å². The Kier molecular flexibility index (Phi) is 2.20. The molecule has 0 aliphatic heterocycles. The third-order valence-corrected chi connectivity index (χ3v) is 2.25. The molecule has 1 heterocycles. The fourth-order valence-corrected chi connectivity index (χ4v) is 1.22. The molecule has 1 aromatic rings. The van der Waals surface area contributed by atoms with Crippen LogP contribution in [0.4, 0.5) is 0 Å². The number of hydrogen-bond donors (Lipinski definition) is 2. The number of rotatable bonds is 4. The monoisotopic (exact) mass is 195 g/mol. The van der Waals surface area contributed by atoms with Crippen molar-refractivity contribution >= 4 is 5.91 Å². The van der Waals surface area contributed by atoms with Gasteiger partial charge in [-0.1, -0.05) is 0 Å². The number of carbonyl (C=O) groups is 1. The number of nitrogens with two attached hydrogens (primary N) is 2. The molecule has 0 aromatic carbocycles. The molecule has 2 rings (SSSR count). The van der Waals surface area contributed by atoms with E-state index in [1.165, 1.54) is 0 Å². The van der Waals surface area contributed by atoms with E-state index in [2.05, 4.69) is 10.1 Å². The van der Waals surface area contributed by atoms with E-state index in [1.54, 1.807) is 11.0 Å². The largest absolute Gasteiger partial charge is 0.368 e. The maximum Gasteiger partial charge on any atom is 0.236 e. The predicted octanol–water partition coefficient (Wildman–Crippen LogP) is -1.03. The lowest BCUT2D eigenvalue weighted by atomic mass is 10.3. The van der Waals surface area contributed by atoms with Crippen LogP contribution in [0, 0.1) is 0 Å². The van der Waals surface area contributed by atoms with Crippen LogP contribution in [0.5, 0.6) is 0 Å². The SMILES string of the molecule is NC(=O)C(N)Cn1cnc(C2CC2)n1. The van der Waals surface area contributed by atoms with Crippen LogP contribution in [0.2, 0.25) is 0 Å². The molecule has 4 N–H and O–H groups in total. The lowest BCUT2D eigenvalue weighted by Gasteiger charge is -2.05. The first-order chi connectivity index (χ1) is 6.66. The Morgan fingerprint density at radius 1 is 1.71 bits per heavy atom. The molecule has 1 atom stereocenters. The zero-order valence-corrected chi connectivity index (χ0v) is 7.76. The number of aromatic nitrogens is 3. The first kappa shape index (κ1) is 9.14. The van der Waals surface area contributed by atoms with Gasteiger partial charge in [0.2, 0.25) is 5.91 Å². The topological polar surface area (TPSA) is 99.8 Å². The lowest BCUT2D eigenvalue weighted by Crippen LogP contribution is -2.40. The number of carbonyl (C=O) groups excluding carboxylic acids is 1. The molecular formula is C8H13N5O. The Morgan fingerprint density at radius 3 is 3.00 bits per heavy atom. The molecule has 6 heteroatoms. The first-order valence-corrected chi connectivity index (χ1v) is 4.61. The molecule has 1 aliphatic carbocycles. The van der Waals surface area contributed by atoms with E-state index in [-0.39, 0.29) is 0 Å². The molecular weight excluding hydrogens is 182 g/mol. The van der Waals surface area contributed by atoms with Crippen LogP contribution >= 0.6 is 0 Å².